The number of carbonyl (C=O) groups is 1. The number of ether oxygens (including phenoxy) is 2. The number of quaternary nitrogens is 1. The van der Waals surface area contributed by atoms with Crippen LogP contribution in [0.25, 0.3) is 0 Å². The van der Waals surface area contributed by atoms with Crippen molar-refractivity contribution in [3.05, 3.63) is 54.4 Å². The Balaban J connectivity index is 1.41. The maximum Gasteiger partial charge on any atom is 0.260 e. The van der Waals surface area contributed by atoms with Gasteiger partial charge in [-0.25, -0.2) is 4.98 Å². The van der Waals surface area contributed by atoms with Crippen molar-refractivity contribution < 1.29 is 24.2 Å². The number of piperazine rings is 1. The topological polar surface area (TPSA) is 57.4 Å². The average Bonchev–Trinajstić information content (AvgIpc) is 2.68. The normalized spacial score (nSPS) is 15.0. The van der Waals surface area contributed by atoms with Crippen molar-refractivity contribution in [3.63, 3.8) is 0 Å². The molecule has 0 spiro atoms. The van der Waals surface area contributed by atoms with E-state index in [4.69, 9.17) is 9.47 Å². The fraction of sp³-hybridized carbons (Fsp3) is 0.368. The van der Waals surface area contributed by atoms with Crippen LogP contribution in [0.4, 0.5) is 0 Å². The number of benzene rings is 1. The summed E-state index contributed by atoms with van der Waals surface area (Å²) in [5.41, 5.74) is 1.22. The van der Waals surface area contributed by atoms with Crippen molar-refractivity contribution in [1.29, 1.82) is 0 Å². The molecule has 25 heavy (non-hydrogen) atoms. The van der Waals surface area contributed by atoms with Gasteiger partial charge in [0.05, 0.1) is 33.3 Å². The highest BCUT2D eigenvalue weighted by Gasteiger charge is 2.25. The standard InChI is InChI=1S/C19H23N3O3/c1-24-17-5-7-18(8-6-17)25-15-19(23)22-12-10-21(11-13-22)14-16-4-2-3-9-20-16/h2-9H,10-15H2,1H3/p+2. The van der Waals surface area contributed by atoms with E-state index in [0.717, 1.165) is 38.5 Å². The van der Waals surface area contributed by atoms with E-state index in [0.29, 0.717) is 5.75 Å². The number of hydrogen-bond donors (Lipinski definition) is 1. The second kappa shape index (κ2) is 8.48. The van der Waals surface area contributed by atoms with Crippen LogP contribution in [0, 0.1) is 0 Å². The van der Waals surface area contributed by atoms with Crippen LogP contribution in [0.5, 0.6) is 11.5 Å². The molecule has 2 heterocycles. The van der Waals surface area contributed by atoms with Gasteiger partial charge in [0.1, 0.15) is 11.5 Å². The van der Waals surface area contributed by atoms with Crippen LogP contribution in [0.3, 0.4) is 0 Å². The maximum atomic E-state index is 12.3. The summed E-state index contributed by atoms with van der Waals surface area (Å²) in [7, 11) is 1.62. The highest BCUT2D eigenvalue weighted by Crippen LogP contribution is 2.16. The van der Waals surface area contributed by atoms with Gasteiger partial charge in [-0.05, 0) is 30.3 Å². The molecule has 6 nitrogen and oxygen atoms in total. The minimum absolute atomic E-state index is 0.0427. The molecule has 0 unspecified atom stereocenters. The zero-order valence-electron chi connectivity index (χ0n) is 14.5. The number of nitrogens with one attached hydrogen (secondary N) is 2. The van der Waals surface area contributed by atoms with Crippen molar-refractivity contribution in [1.82, 2.24) is 4.90 Å². The monoisotopic (exact) mass is 343 g/mol. The fourth-order valence-corrected chi connectivity index (χ4v) is 2.97. The second-order valence-corrected chi connectivity index (χ2v) is 6.16. The van der Waals surface area contributed by atoms with E-state index in [9.17, 15) is 4.79 Å². The molecule has 3 rings (SSSR count). The lowest BCUT2D eigenvalue weighted by molar-refractivity contribution is -0.921. The molecule has 0 aliphatic carbocycles. The molecule has 1 amide bonds. The molecule has 1 fully saturated rings. The van der Waals surface area contributed by atoms with Crippen molar-refractivity contribution in [3.8, 4) is 11.5 Å². The van der Waals surface area contributed by atoms with Crippen molar-refractivity contribution in [2.75, 3.05) is 39.9 Å². The van der Waals surface area contributed by atoms with Crippen LogP contribution >= 0.6 is 0 Å². The van der Waals surface area contributed by atoms with Crippen LogP contribution < -0.4 is 19.4 Å². The van der Waals surface area contributed by atoms with E-state index in [1.165, 1.54) is 10.6 Å². The molecule has 0 atom stereocenters. The third-order valence-corrected chi connectivity index (χ3v) is 4.46. The molecule has 1 aromatic carbocycles. The molecule has 132 valence electrons. The Hall–Kier alpha value is -2.60. The molecule has 6 heteroatoms. The summed E-state index contributed by atoms with van der Waals surface area (Å²) in [6, 6.07) is 13.4. The first-order valence-corrected chi connectivity index (χ1v) is 8.58. The smallest absolute Gasteiger partial charge is 0.260 e. The summed E-state index contributed by atoms with van der Waals surface area (Å²) in [4.78, 5) is 19.0. The molecule has 2 N–H and O–H groups in total. The zero-order chi connectivity index (χ0) is 17.5. The quantitative estimate of drug-likeness (QED) is 0.791. The Bertz CT molecular complexity index is 668. The number of rotatable bonds is 6. The third-order valence-electron chi connectivity index (χ3n) is 4.46. The van der Waals surface area contributed by atoms with Crippen LogP contribution in [0.2, 0.25) is 0 Å². The Morgan fingerprint density at radius 3 is 2.48 bits per heavy atom. The van der Waals surface area contributed by atoms with Crippen LogP contribution in [-0.2, 0) is 11.3 Å². The molecular formula is C19H25N3O3+2. The minimum Gasteiger partial charge on any atom is -0.497 e. The summed E-state index contributed by atoms with van der Waals surface area (Å²) >= 11 is 0. The summed E-state index contributed by atoms with van der Waals surface area (Å²) in [6.45, 7) is 4.49. The molecule has 2 aromatic rings. The summed E-state index contributed by atoms with van der Waals surface area (Å²) in [5, 5.41) is 0. The highest BCUT2D eigenvalue weighted by atomic mass is 16.5. The Labute approximate surface area is 148 Å². The van der Waals surface area contributed by atoms with Gasteiger partial charge in [-0.3, -0.25) is 4.79 Å². The van der Waals surface area contributed by atoms with E-state index in [2.05, 4.69) is 11.1 Å². The number of pyridine rings is 1. The Morgan fingerprint density at radius 2 is 1.84 bits per heavy atom. The number of carbonyl (C=O) groups excluding carboxylic acids is 1. The van der Waals surface area contributed by atoms with Gasteiger partial charge in [-0.1, -0.05) is 0 Å². The van der Waals surface area contributed by atoms with Gasteiger partial charge in [0.2, 0.25) is 5.69 Å². The van der Waals surface area contributed by atoms with Gasteiger partial charge in [-0.15, -0.1) is 0 Å². The number of H-pyrrole nitrogens is 1. The lowest BCUT2D eigenvalue weighted by Crippen LogP contribution is -3.13. The largest absolute Gasteiger partial charge is 0.497 e. The minimum atomic E-state index is 0.0427. The van der Waals surface area contributed by atoms with Crippen LogP contribution in [-0.4, -0.2) is 50.7 Å². The van der Waals surface area contributed by atoms with Gasteiger partial charge in [0.25, 0.3) is 5.91 Å². The van der Waals surface area contributed by atoms with Gasteiger partial charge < -0.3 is 19.3 Å². The van der Waals surface area contributed by atoms with Gasteiger partial charge in [0, 0.05) is 12.1 Å². The van der Waals surface area contributed by atoms with E-state index >= 15 is 0 Å². The number of aromatic nitrogens is 1. The SMILES string of the molecule is COc1ccc(OCC(=O)N2CC[NH+](Cc3cccc[nH+]3)CC2)cc1. The molecule has 1 aromatic heterocycles. The predicted octanol–water partition coefficient (Wildman–Crippen LogP) is -0.185. The highest BCUT2D eigenvalue weighted by molar-refractivity contribution is 5.77. The number of aromatic amines is 1. The number of amides is 1. The number of nitrogens with zero attached hydrogens (tertiary/aromatic N) is 1. The molecule has 1 aliphatic rings. The summed E-state index contributed by atoms with van der Waals surface area (Å²) in [6.07, 6.45) is 1.95. The van der Waals surface area contributed by atoms with E-state index in [1.807, 2.05) is 47.5 Å². The number of hydrogen-bond acceptors (Lipinski definition) is 3. The van der Waals surface area contributed by atoms with E-state index < -0.39 is 0 Å². The third kappa shape index (κ3) is 4.93. The van der Waals surface area contributed by atoms with Gasteiger partial charge >= 0.3 is 0 Å². The fourth-order valence-electron chi connectivity index (χ4n) is 2.97. The molecule has 0 radical (unpaired) electrons. The maximum absolute atomic E-state index is 12.3. The van der Waals surface area contributed by atoms with Crippen molar-refractivity contribution in [2.45, 2.75) is 6.54 Å². The molecule has 0 bridgehead atoms. The Kier molecular flexibility index (Phi) is 5.85. The molecule has 1 saturated heterocycles. The van der Waals surface area contributed by atoms with Crippen molar-refractivity contribution in [2.24, 2.45) is 0 Å². The van der Waals surface area contributed by atoms with Gasteiger partial charge in [0.15, 0.2) is 19.3 Å². The number of methoxy groups -OCH3 is 1. The molecule has 1 aliphatic heterocycles. The lowest BCUT2D eigenvalue weighted by Gasteiger charge is -2.31. The zero-order valence-corrected chi connectivity index (χ0v) is 14.5. The first-order valence-electron chi connectivity index (χ1n) is 8.58. The first-order chi connectivity index (χ1) is 12.2. The second-order valence-electron chi connectivity index (χ2n) is 6.16. The summed E-state index contributed by atoms with van der Waals surface area (Å²) < 4.78 is 10.7. The van der Waals surface area contributed by atoms with Gasteiger partial charge in [-0.2, -0.15) is 0 Å². The first kappa shape index (κ1) is 17.2. The van der Waals surface area contributed by atoms with Crippen molar-refractivity contribution >= 4 is 5.91 Å². The van der Waals surface area contributed by atoms with Crippen LogP contribution in [0.15, 0.2) is 48.7 Å². The molecule has 0 saturated carbocycles. The van der Waals surface area contributed by atoms with E-state index in [-0.39, 0.29) is 12.5 Å². The summed E-state index contributed by atoms with van der Waals surface area (Å²) in [5.74, 6) is 1.49. The Morgan fingerprint density at radius 1 is 1.12 bits per heavy atom. The average molecular weight is 343 g/mol. The van der Waals surface area contributed by atoms with E-state index in [1.54, 1.807) is 7.11 Å². The molecular weight excluding hydrogens is 318 g/mol. The van der Waals surface area contributed by atoms with Crippen LogP contribution in [0.1, 0.15) is 5.69 Å². The predicted molar refractivity (Wildman–Crippen MR) is 92.5 cm³/mol. The lowest BCUT2D eigenvalue weighted by atomic mass is 10.2.